The van der Waals surface area contributed by atoms with Crippen LogP contribution in [0.15, 0.2) is 12.2 Å². The van der Waals surface area contributed by atoms with Gasteiger partial charge in [-0.15, -0.1) is 0 Å². The van der Waals surface area contributed by atoms with E-state index < -0.39 is 0 Å². The zero-order valence-corrected chi connectivity index (χ0v) is 15.4. The van der Waals surface area contributed by atoms with E-state index in [1.165, 1.54) is 6.42 Å². The molecule has 1 aliphatic rings. The second-order valence-corrected chi connectivity index (χ2v) is 6.44. The van der Waals surface area contributed by atoms with Gasteiger partial charge in [-0.05, 0) is 60.3 Å². The Bertz CT molecular complexity index is 366. The number of piperidine rings is 1. The Hall–Kier alpha value is -1.52. The summed E-state index contributed by atoms with van der Waals surface area (Å²) >= 11 is 0. The molecule has 1 fully saturated rings. The van der Waals surface area contributed by atoms with E-state index in [9.17, 15) is 9.59 Å². The first-order valence-electron chi connectivity index (χ1n) is 8.54. The lowest BCUT2D eigenvalue weighted by Crippen LogP contribution is -2.39. The van der Waals surface area contributed by atoms with Crippen LogP contribution >= 0.6 is 0 Å². The van der Waals surface area contributed by atoms with E-state index in [2.05, 4.69) is 0 Å². The average molecular weight is 327 g/mol. The Kier molecular flexibility index (Phi) is 11.2. The maximum atomic E-state index is 11.5. The van der Waals surface area contributed by atoms with Gasteiger partial charge in [0.1, 0.15) is 5.60 Å². The largest absolute Gasteiger partial charge is 0.466 e. The fraction of sp³-hybridized carbons (Fsp3) is 0.778. The number of nitrogens with zero attached hydrogens (tertiary/aromatic N) is 1. The molecule has 0 atom stereocenters. The lowest BCUT2D eigenvalue weighted by Gasteiger charge is -2.29. The Morgan fingerprint density at radius 1 is 1.13 bits per heavy atom. The Morgan fingerprint density at radius 3 is 2.22 bits per heavy atom. The van der Waals surface area contributed by atoms with Crippen LogP contribution in [-0.4, -0.2) is 42.3 Å². The first kappa shape index (κ1) is 21.5. The van der Waals surface area contributed by atoms with Crippen LogP contribution in [-0.2, 0) is 14.3 Å². The number of hydrogen-bond donors (Lipinski definition) is 0. The van der Waals surface area contributed by atoms with Crippen LogP contribution < -0.4 is 0 Å². The molecule has 0 bridgehead atoms. The standard InChI is InChI=1S/C10H19NO2.C8H14O2/c1-10(2,3)13-9(12)11-7-5-4-6-8-11;1-3-5-6-7-8(9)10-4-2/h4-8H2,1-3H3;3,5H,4,6-7H2,1-2H3. The summed E-state index contributed by atoms with van der Waals surface area (Å²) in [7, 11) is 0. The minimum absolute atomic E-state index is 0.111. The fourth-order valence-electron chi connectivity index (χ4n) is 2.00. The number of esters is 1. The van der Waals surface area contributed by atoms with Crippen molar-refractivity contribution in [3.63, 3.8) is 0 Å². The molecule has 1 aliphatic heterocycles. The molecule has 0 unspecified atom stereocenters. The van der Waals surface area contributed by atoms with Gasteiger partial charge in [0.15, 0.2) is 0 Å². The molecule has 5 heteroatoms. The number of hydrogen-bond acceptors (Lipinski definition) is 4. The molecule has 0 aromatic carbocycles. The van der Waals surface area contributed by atoms with Crippen molar-refractivity contribution in [1.29, 1.82) is 0 Å². The molecule has 0 saturated carbocycles. The third kappa shape index (κ3) is 12.7. The van der Waals surface area contributed by atoms with Gasteiger partial charge in [-0.3, -0.25) is 4.79 Å². The lowest BCUT2D eigenvalue weighted by atomic mass is 10.1. The zero-order valence-electron chi connectivity index (χ0n) is 15.4. The number of likely N-dealkylation sites (tertiary alicyclic amines) is 1. The molecule has 0 aliphatic carbocycles. The monoisotopic (exact) mass is 327 g/mol. The SMILES string of the molecule is CC(C)(C)OC(=O)N1CCCCC1.CC=CCCC(=O)OCC. The highest BCUT2D eigenvalue weighted by Gasteiger charge is 2.22. The Balaban J connectivity index is 0.000000438. The predicted molar refractivity (Wildman–Crippen MR) is 92.3 cm³/mol. The predicted octanol–water partition coefficient (Wildman–Crippen LogP) is 4.31. The summed E-state index contributed by atoms with van der Waals surface area (Å²) in [5, 5.41) is 0. The molecule has 0 aromatic heterocycles. The van der Waals surface area contributed by atoms with Crippen molar-refractivity contribution in [1.82, 2.24) is 4.90 Å². The molecule has 5 nitrogen and oxygen atoms in total. The van der Waals surface area contributed by atoms with Crippen LogP contribution in [0, 0.1) is 0 Å². The highest BCUT2D eigenvalue weighted by molar-refractivity contribution is 5.69. The molecule has 23 heavy (non-hydrogen) atoms. The van der Waals surface area contributed by atoms with Gasteiger partial charge in [-0.1, -0.05) is 12.2 Å². The number of carbonyl (C=O) groups is 2. The van der Waals surface area contributed by atoms with Gasteiger partial charge in [0.2, 0.25) is 0 Å². The van der Waals surface area contributed by atoms with E-state index in [0.29, 0.717) is 13.0 Å². The summed E-state index contributed by atoms with van der Waals surface area (Å²) in [5.41, 5.74) is -0.367. The van der Waals surface area contributed by atoms with Crippen molar-refractivity contribution in [3.05, 3.63) is 12.2 Å². The van der Waals surface area contributed by atoms with Crippen LogP contribution in [0.4, 0.5) is 4.79 Å². The van der Waals surface area contributed by atoms with E-state index in [1.54, 1.807) is 4.90 Å². The van der Waals surface area contributed by atoms with E-state index >= 15 is 0 Å². The van der Waals surface area contributed by atoms with E-state index in [-0.39, 0.29) is 17.7 Å². The minimum atomic E-state index is -0.367. The topological polar surface area (TPSA) is 55.8 Å². The molecular weight excluding hydrogens is 294 g/mol. The highest BCUT2D eigenvalue weighted by atomic mass is 16.6. The van der Waals surface area contributed by atoms with Gasteiger partial charge in [0.05, 0.1) is 6.61 Å². The first-order valence-corrected chi connectivity index (χ1v) is 8.54. The van der Waals surface area contributed by atoms with Gasteiger partial charge < -0.3 is 14.4 Å². The second kappa shape index (κ2) is 12.0. The molecule has 134 valence electrons. The van der Waals surface area contributed by atoms with Crippen LogP contribution in [0.1, 0.15) is 66.7 Å². The number of carbonyl (C=O) groups excluding carboxylic acids is 2. The zero-order chi connectivity index (χ0) is 17.7. The molecule has 0 aromatic rings. The molecular formula is C18H33NO4. The maximum absolute atomic E-state index is 11.5. The van der Waals surface area contributed by atoms with Gasteiger partial charge >= 0.3 is 12.1 Å². The molecule has 1 heterocycles. The number of amides is 1. The van der Waals surface area contributed by atoms with Crippen molar-refractivity contribution >= 4 is 12.1 Å². The number of ether oxygens (including phenoxy) is 2. The normalized spacial score (nSPS) is 14.9. The number of allylic oxidation sites excluding steroid dienone is 2. The lowest BCUT2D eigenvalue weighted by molar-refractivity contribution is -0.143. The van der Waals surface area contributed by atoms with Gasteiger partial charge in [-0.2, -0.15) is 0 Å². The molecule has 0 radical (unpaired) electrons. The van der Waals surface area contributed by atoms with Crippen molar-refractivity contribution in [2.24, 2.45) is 0 Å². The van der Waals surface area contributed by atoms with Crippen LogP contribution in [0.5, 0.6) is 0 Å². The molecule has 1 rings (SSSR count). The molecule has 0 N–H and O–H groups in total. The Labute approximate surface area is 141 Å². The van der Waals surface area contributed by atoms with Gasteiger partial charge in [-0.25, -0.2) is 4.79 Å². The highest BCUT2D eigenvalue weighted by Crippen LogP contribution is 2.14. The minimum Gasteiger partial charge on any atom is -0.466 e. The first-order chi connectivity index (χ1) is 10.8. The molecule has 1 amide bonds. The maximum Gasteiger partial charge on any atom is 0.410 e. The quantitative estimate of drug-likeness (QED) is 0.570. The molecule has 1 saturated heterocycles. The van der Waals surface area contributed by atoms with E-state index in [0.717, 1.165) is 32.4 Å². The van der Waals surface area contributed by atoms with E-state index in [4.69, 9.17) is 9.47 Å². The van der Waals surface area contributed by atoms with Crippen LogP contribution in [0.25, 0.3) is 0 Å². The van der Waals surface area contributed by atoms with Crippen molar-refractivity contribution in [2.75, 3.05) is 19.7 Å². The summed E-state index contributed by atoms with van der Waals surface area (Å²) in [6, 6.07) is 0. The smallest absolute Gasteiger partial charge is 0.410 e. The summed E-state index contributed by atoms with van der Waals surface area (Å²) in [4.78, 5) is 24.0. The van der Waals surface area contributed by atoms with Crippen LogP contribution in [0.3, 0.4) is 0 Å². The van der Waals surface area contributed by atoms with Gasteiger partial charge in [0, 0.05) is 19.5 Å². The van der Waals surface area contributed by atoms with E-state index in [1.807, 2.05) is 46.8 Å². The third-order valence-electron chi connectivity index (χ3n) is 3.06. The summed E-state index contributed by atoms with van der Waals surface area (Å²) in [6.45, 7) is 11.6. The van der Waals surface area contributed by atoms with Crippen molar-refractivity contribution in [2.45, 2.75) is 72.3 Å². The van der Waals surface area contributed by atoms with Crippen molar-refractivity contribution in [3.8, 4) is 0 Å². The van der Waals surface area contributed by atoms with Crippen LogP contribution in [0.2, 0.25) is 0 Å². The summed E-state index contributed by atoms with van der Waals surface area (Å²) in [6.07, 6.45) is 8.47. The number of rotatable bonds is 4. The van der Waals surface area contributed by atoms with Crippen molar-refractivity contribution < 1.29 is 19.1 Å². The second-order valence-electron chi connectivity index (χ2n) is 6.44. The molecule has 0 spiro atoms. The third-order valence-corrected chi connectivity index (χ3v) is 3.06. The Morgan fingerprint density at radius 2 is 1.74 bits per heavy atom. The van der Waals surface area contributed by atoms with Gasteiger partial charge in [0.25, 0.3) is 0 Å². The summed E-state index contributed by atoms with van der Waals surface area (Å²) < 4.78 is 9.98. The average Bonchev–Trinajstić information content (AvgIpc) is 2.48. The summed E-state index contributed by atoms with van der Waals surface area (Å²) in [5.74, 6) is -0.111. The fourth-order valence-corrected chi connectivity index (χ4v) is 2.00.